The van der Waals surface area contributed by atoms with Crippen LogP contribution in [0.4, 0.5) is 0 Å². The van der Waals surface area contributed by atoms with Crippen LogP contribution in [-0.2, 0) is 9.59 Å². The van der Waals surface area contributed by atoms with E-state index >= 15 is 0 Å². The van der Waals surface area contributed by atoms with Crippen LogP contribution in [0.15, 0.2) is 66.2 Å². The highest BCUT2D eigenvalue weighted by Crippen LogP contribution is 2.28. The lowest BCUT2D eigenvalue weighted by Crippen LogP contribution is -2.10. The lowest BCUT2D eigenvalue weighted by Gasteiger charge is -2.12. The van der Waals surface area contributed by atoms with Crippen molar-refractivity contribution in [3.8, 4) is 0 Å². The lowest BCUT2D eigenvalue weighted by atomic mass is 9.91. The minimum Gasteiger partial charge on any atom is -0.481 e. The minimum atomic E-state index is -1.22. The van der Waals surface area contributed by atoms with Gasteiger partial charge in [0.2, 0.25) is 0 Å². The van der Waals surface area contributed by atoms with Crippen LogP contribution in [0.3, 0.4) is 0 Å². The highest BCUT2D eigenvalue weighted by atomic mass is 16.4. The monoisotopic (exact) mass is 282 g/mol. The van der Waals surface area contributed by atoms with Crippen LogP contribution < -0.4 is 0 Å². The number of carboxylic acid groups (broad SMARTS) is 2. The van der Waals surface area contributed by atoms with Crippen LogP contribution in [0.25, 0.3) is 5.57 Å². The summed E-state index contributed by atoms with van der Waals surface area (Å²) in [6, 6.07) is 17.9. The van der Waals surface area contributed by atoms with E-state index in [0.29, 0.717) is 16.7 Å². The number of hydrogen-bond donors (Lipinski definition) is 2. The van der Waals surface area contributed by atoms with Gasteiger partial charge in [-0.25, -0.2) is 4.79 Å². The predicted octanol–water partition coefficient (Wildman–Crippen LogP) is 3.05. The SMILES string of the molecule is O=C(O)CC(C(=O)O)=C(c1ccccc1)c1ccccc1. The van der Waals surface area contributed by atoms with Gasteiger partial charge in [-0.05, 0) is 16.7 Å². The summed E-state index contributed by atoms with van der Waals surface area (Å²) in [5, 5.41) is 18.4. The average Bonchev–Trinajstić information content (AvgIpc) is 2.48. The molecule has 106 valence electrons. The standard InChI is InChI=1S/C17H14O4/c18-15(19)11-14(17(20)21)16(12-7-3-1-4-8-12)13-9-5-2-6-10-13/h1-10H,11H2,(H,18,19)(H,20,21). The molecule has 0 radical (unpaired) electrons. The number of hydrogen-bond acceptors (Lipinski definition) is 2. The second-order valence-electron chi connectivity index (χ2n) is 4.46. The van der Waals surface area contributed by atoms with Crippen molar-refractivity contribution >= 4 is 17.5 Å². The summed E-state index contributed by atoms with van der Waals surface area (Å²) in [6.07, 6.45) is -0.533. The van der Waals surface area contributed by atoms with E-state index < -0.39 is 18.4 Å². The van der Waals surface area contributed by atoms with Gasteiger partial charge in [-0.15, -0.1) is 0 Å². The first kappa shape index (κ1) is 14.5. The molecule has 0 unspecified atom stereocenters. The zero-order valence-corrected chi connectivity index (χ0v) is 11.2. The zero-order valence-electron chi connectivity index (χ0n) is 11.2. The van der Waals surface area contributed by atoms with E-state index in [9.17, 15) is 14.7 Å². The molecule has 2 aromatic rings. The molecule has 0 heterocycles. The molecule has 0 aliphatic carbocycles. The van der Waals surface area contributed by atoms with Gasteiger partial charge in [-0.2, -0.15) is 0 Å². The first-order valence-corrected chi connectivity index (χ1v) is 6.38. The van der Waals surface area contributed by atoms with Crippen molar-refractivity contribution in [3.05, 3.63) is 77.4 Å². The van der Waals surface area contributed by atoms with E-state index in [0.717, 1.165) is 0 Å². The van der Waals surface area contributed by atoms with Crippen molar-refractivity contribution in [2.24, 2.45) is 0 Å². The molecule has 0 saturated heterocycles. The van der Waals surface area contributed by atoms with Crippen molar-refractivity contribution in [2.45, 2.75) is 6.42 Å². The molecule has 2 rings (SSSR count). The molecule has 0 bridgehead atoms. The fourth-order valence-electron chi connectivity index (χ4n) is 2.15. The predicted molar refractivity (Wildman–Crippen MR) is 78.8 cm³/mol. The number of rotatable bonds is 5. The van der Waals surface area contributed by atoms with Gasteiger partial charge in [0.05, 0.1) is 12.0 Å². The Morgan fingerprint density at radius 1 is 0.762 bits per heavy atom. The molecule has 0 saturated carbocycles. The molecule has 0 aromatic heterocycles. The summed E-state index contributed by atoms with van der Waals surface area (Å²) < 4.78 is 0. The maximum atomic E-state index is 11.5. The summed E-state index contributed by atoms with van der Waals surface area (Å²) in [6.45, 7) is 0. The Bertz CT molecular complexity index is 631. The molecular weight excluding hydrogens is 268 g/mol. The largest absolute Gasteiger partial charge is 0.481 e. The maximum Gasteiger partial charge on any atom is 0.332 e. The normalized spacial score (nSPS) is 9.90. The molecule has 2 N–H and O–H groups in total. The Labute approximate surface area is 122 Å². The molecule has 0 spiro atoms. The molecule has 4 heteroatoms. The Morgan fingerprint density at radius 3 is 1.52 bits per heavy atom. The molecule has 4 nitrogen and oxygen atoms in total. The van der Waals surface area contributed by atoms with Gasteiger partial charge in [0.25, 0.3) is 0 Å². The first-order valence-electron chi connectivity index (χ1n) is 6.38. The quantitative estimate of drug-likeness (QED) is 0.826. The Hall–Kier alpha value is -2.88. The van der Waals surface area contributed by atoms with Gasteiger partial charge in [0, 0.05) is 0 Å². The maximum absolute atomic E-state index is 11.5. The second kappa shape index (κ2) is 6.52. The first-order chi connectivity index (χ1) is 10.1. The Balaban J connectivity index is 2.70. The summed E-state index contributed by atoms with van der Waals surface area (Å²) in [4.78, 5) is 22.5. The van der Waals surface area contributed by atoms with Crippen LogP contribution in [0.2, 0.25) is 0 Å². The summed E-state index contributed by atoms with van der Waals surface area (Å²) in [5.41, 5.74) is 1.68. The summed E-state index contributed by atoms with van der Waals surface area (Å²) in [7, 11) is 0. The van der Waals surface area contributed by atoms with Crippen molar-refractivity contribution in [2.75, 3.05) is 0 Å². The third-order valence-corrected chi connectivity index (χ3v) is 3.01. The van der Waals surface area contributed by atoms with Crippen LogP contribution in [-0.4, -0.2) is 22.2 Å². The molecule has 0 atom stereocenters. The zero-order chi connectivity index (χ0) is 15.2. The number of aliphatic carboxylic acids is 2. The van der Waals surface area contributed by atoms with Gasteiger partial charge in [-0.3, -0.25) is 4.79 Å². The second-order valence-corrected chi connectivity index (χ2v) is 4.46. The van der Waals surface area contributed by atoms with Gasteiger partial charge in [0.1, 0.15) is 0 Å². The summed E-state index contributed by atoms with van der Waals surface area (Å²) in [5.74, 6) is -2.39. The molecule has 0 aliphatic heterocycles. The smallest absolute Gasteiger partial charge is 0.332 e. The highest BCUT2D eigenvalue weighted by molar-refractivity contribution is 6.03. The van der Waals surface area contributed by atoms with E-state index in [1.54, 1.807) is 48.5 Å². The van der Waals surface area contributed by atoms with Gasteiger partial charge >= 0.3 is 11.9 Å². The fourth-order valence-corrected chi connectivity index (χ4v) is 2.15. The van der Waals surface area contributed by atoms with Crippen LogP contribution in [0.5, 0.6) is 0 Å². The molecule has 2 aromatic carbocycles. The highest BCUT2D eigenvalue weighted by Gasteiger charge is 2.20. The average molecular weight is 282 g/mol. The van der Waals surface area contributed by atoms with Crippen LogP contribution in [0.1, 0.15) is 17.5 Å². The summed E-state index contributed by atoms with van der Waals surface area (Å²) >= 11 is 0. The third kappa shape index (κ3) is 3.57. The van der Waals surface area contributed by atoms with Gasteiger partial charge in [0.15, 0.2) is 0 Å². The molecule has 0 fully saturated rings. The number of carboxylic acids is 2. The number of benzene rings is 2. The van der Waals surface area contributed by atoms with Crippen LogP contribution >= 0.6 is 0 Å². The van der Waals surface area contributed by atoms with Crippen molar-refractivity contribution in [1.29, 1.82) is 0 Å². The van der Waals surface area contributed by atoms with Gasteiger partial charge in [-0.1, -0.05) is 60.7 Å². The van der Waals surface area contributed by atoms with Crippen molar-refractivity contribution in [1.82, 2.24) is 0 Å². The van der Waals surface area contributed by atoms with Crippen LogP contribution in [0, 0.1) is 0 Å². The van der Waals surface area contributed by atoms with E-state index in [2.05, 4.69) is 0 Å². The third-order valence-electron chi connectivity index (χ3n) is 3.01. The Morgan fingerprint density at radius 2 is 1.19 bits per heavy atom. The molecule has 21 heavy (non-hydrogen) atoms. The molecule has 0 aliphatic rings. The van der Waals surface area contributed by atoms with E-state index in [-0.39, 0.29) is 5.57 Å². The topological polar surface area (TPSA) is 74.6 Å². The van der Waals surface area contributed by atoms with Crippen molar-refractivity contribution < 1.29 is 19.8 Å². The molecular formula is C17H14O4. The minimum absolute atomic E-state index is 0.125. The number of carbonyl (C=O) groups is 2. The molecule has 0 amide bonds. The van der Waals surface area contributed by atoms with Gasteiger partial charge < -0.3 is 10.2 Å². The Kier molecular flexibility index (Phi) is 4.51. The van der Waals surface area contributed by atoms with E-state index in [4.69, 9.17) is 5.11 Å². The van der Waals surface area contributed by atoms with E-state index in [1.807, 2.05) is 12.1 Å². The van der Waals surface area contributed by atoms with E-state index in [1.165, 1.54) is 0 Å². The lowest BCUT2D eigenvalue weighted by molar-refractivity contribution is -0.139. The fraction of sp³-hybridized carbons (Fsp3) is 0.0588. The van der Waals surface area contributed by atoms with Crippen molar-refractivity contribution in [3.63, 3.8) is 0 Å².